The van der Waals surface area contributed by atoms with Gasteiger partial charge in [-0.15, -0.1) is 10.2 Å². The summed E-state index contributed by atoms with van der Waals surface area (Å²) >= 11 is 5.99. The highest BCUT2D eigenvalue weighted by Crippen LogP contribution is 2.31. The summed E-state index contributed by atoms with van der Waals surface area (Å²) in [5, 5.41) is 8.97. The van der Waals surface area contributed by atoms with E-state index in [4.69, 9.17) is 16.3 Å². The molecule has 0 aliphatic rings. The molecule has 0 N–H and O–H groups in total. The van der Waals surface area contributed by atoms with E-state index in [9.17, 15) is 0 Å². The van der Waals surface area contributed by atoms with E-state index in [2.05, 4.69) is 10.2 Å². The number of benzene rings is 1. The molecule has 0 saturated heterocycles. The summed E-state index contributed by atoms with van der Waals surface area (Å²) in [5.74, 6) is 1.53. The van der Waals surface area contributed by atoms with Crippen molar-refractivity contribution in [3.8, 4) is 17.0 Å². The maximum Gasteiger partial charge on any atom is 0.150 e. The lowest BCUT2D eigenvalue weighted by molar-refractivity contribution is 0.416. The third kappa shape index (κ3) is 2.54. The van der Waals surface area contributed by atoms with Crippen LogP contribution in [0.2, 0.25) is 5.02 Å². The maximum atomic E-state index is 5.99. The number of rotatable bonds is 3. The summed E-state index contributed by atoms with van der Waals surface area (Å²) < 4.78 is 5.30. The minimum Gasteiger partial charge on any atom is -0.496 e. The molecule has 94 valence electrons. The highest BCUT2D eigenvalue weighted by Gasteiger charge is 2.09. The van der Waals surface area contributed by atoms with Crippen molar-refractivity contribution in [2.45, 2.75) is 0 Å². The summed E-state index contributed by atoms with van der Waals surface area (Å²) in [4.78, 5) is 1.89. The molecule has 4 nitrogen and oxygen atoms in total. The summed E-state index contributed by atoms with van der Waals surface area (Å²) in [6, 6.07) is 9.23. The molecule has 0 aliphatic heterocycles. The molecule has 1 aromatic carbocycles. The molecular weight excluding hydrogens is 250 g/mol. The molecule has 0 fully saturated rings. The second-order valence-electron chi connectivity index (χ2n) is 4.02. The van der Waals surface area contributed by atoms with Gasteiger partial charge in [-0.05, 0) is 30.3 Å². The van der Waals surface area contributed by atoms with Crippen LogP contribution >= 0.6 is 11.6 Å². The summed E-state index contributed by atoms with van der Waals surface area (Å²) in [6.45, 7) is 0. The van der Waals surface area contributed by atoms with Gasteiger partial charge in [0.25, 0.3) is 0 Å². The molecule has 0 atom stereocenters. The highest BCUT2D eigenvalue weighted by atomic mass is 35.5. The van der Waals surface area contributed by atoms with Gasteiger partial charge < -0.3 is 9.64 Å². The fraction of sp³-hybridized carbons (Fsp3) is 0.231. The Bertz CT molecular complexity index is 540. The van der Waals surface area contributed by atoms with Gasteiger partial charge in [-0.3, -0.25) is 0 Å². The van der Waals surface area contributed by atoms with Crippen molar-refractivity contribution in [3.63, 3.8) is 0 Å². The number of hydrogen-bond donors (Lipinski definition) is 0. The SMILES string of the molecule is COc1ccc(Cl)cc1-c1ccc(N(C)C)nn1. The number of nitrogens with zero attached hydrogens (tertiary/aromatic N) is 3. The van der Waals surface area contributed by atoms with E-state index in [-0.39, 0.29) is 0 Å². The number of aromatic nitrogens is 2. The first-order valence-corrected chi connectivity index (χ1v) is 5.84. The van der Waals surface area contributed by atoms with Crippen LogP contribution in [-0.4, -0.2) is 31.4 Å². The number of ether oxygens (including phenoxy) is 1. The van der Waals surface area contributed by atoms with Gasteiger partial charge in [-0.25, -0.2) is 0 Å². The monoisotopic (exact) mass is 263 g/mol. The van der Waals surface area contributed by atoms with Crippen molar-refractivity contribution in [1.82, 2.24) is 10.2 Å². The van der Waals surface area contributed by atoms with Crippen LogP contribution in [0, 0.1) is 0 Å². The third-order valence-electron chi connectivity index (χ3n) is 2.55. The van der Waals surface area contributed by atoms with E-state index in [1.54, 1.807) is 13.2 Å². The Hall–Kier alpha value is -1.81. The fourth-order valence-corrected chi connectivity index (χ4v) is 1.76. The zero-order chi connectivity index (χ0) is 13.1. The van der Waals surface area contributed by atoms with Gasteiger partial charge >= 0.3 is 0 Å². The van der Waals surface area contributed by atoms with Gasteiger partial charge in [0.05, 0.1) is 12.8 Å². The average Bonchev–Trinajstić information content (AvgIpc) is 2.39. The van der Waals surface area contributed by atoms with Crippen LogP contribution in [0.5, 0.6) is 5.75 Å². The largest absolute Gasteiger partial charge is 0.496 e. The van der Waals surface area contributed by atoms with Crippen molar-refractivity contribution in [3.05, 3.63) is 35.4 Å². The summed E-state index contributed by atoms with van der Waals surface area (Å²) in [7, 11) is 5.46. The van der Waals surface area contributed by atoms with E-state index >= 15 is 0 Å². The van der Waals surface area contributed by atoms with Gasteiger partial charge in [-0.2, -0.15) is 0 Å². The smallest absolute Gasteiger partial charge is 0.150 e. The number of methoxy groups -OCH3 is 1. The van der Waals surface area contributed by atoms with E-state index < -0.39 is 0 Å². The fourth-order valence-electron chi connectivity index (χ4n) is 1.59. The van der Waals surface area contributed by atoms with E-state index in [0.29, 0.717) is 5.02 Å². The minimum absolute atomic E-state index is 0.643. The number of hydrogen-bond acceptors (Lipinski definition) is 4. The number of halogens is 1. The molecule has 0 bridgehead atoms. The van der Waals surface area contributed by atoms with Crippen LogP contribution in [0.25, 0.3) is 11.3 Å². The molecule has 2 aromatic rings. The molecule has 18 heavy (non-hydrogen) atoms. The average molecular weight is 264 g/mol. The van der Waals surface area contributed by atoms with Crippen LogP contribution in [0.1, 0.15) is 0 Å². The van der Waals surface area contributed by atoms with Gasteiger partial charge in [0.1, 0.15) is 5.75 Å². The highest BCUT2D eigenvalue weighted by molar-refractivity contribution is 6.30. The molecule has 1 aromatic heterocycles. The Morgan fingerprint density at radius 2 is 1.89 bits per heavy atom. The first-order chi connectivity index (χ1) is 8.61. The van der Waals surface area contributed by atoms with E-state index in [1.165, 1.54) is 0 Å². The lowest BCUT2D eigenvalue weighted by Crippen LogP contribution is -2.11. The van der Waals surface area contributed by atoms with Crippen LogP contribution in [0.3, 0.4) is 0 Å². The van der Waals surface area contributed by atoms with Crippen molar-refractivity contribution >= 4 is 17.4 Å². The van der Waals surface area contributed by atoms with Crippen molar-refractivity contribution in [2.75, 3.05) is 26.1 Å². The first kappa shape index (κ1) is 12.6. The molecule has 0 aliphatic carbocycles. The second-order valence-corrected chi connectivity index (χ2v) is 4.45. The Balaban J connectivity index is 2.44. The Kier molecular flexibility index (Phi) is 3.67. The van der Waals surface area contributed by atoms with Crippen LogP contribution in [0.4, 0.5) is 5.82 Å². The van der Waals surface area contributed by atoms with Gasteiger partial charge in [0.2, 0.25) is 0 Å². The van der Waals surface area contributed by atoms with Crippen LogP contribution in [-0.2, 0) is 0 Å². The quantitative estimate of drug-likeness (QED) is 0.854. The molecule has 0 spiro atoms. The molecule has 1 heterocycles. The minimum atomic E-state index is 0.643. The zero-order valence-electron chi connectivity index (χ0n) is 10.5. The molecule has 0 amide bonds. The predicted octanol–water partition coefficient (Wildman–Crippen LogP) is 2.87. The van der Waals surface area contributed by atoms with E-state index in [1.807, 2.05) is 43.3 Å². The summed E-state index contributed by atoms with van der Waals surface area (Å²) in [6.07, 6.45) is 0. The zero-order valence-corrected chi connectivity index (χ0v) is 11.3. The van der Waals surface area contributed by atoms with Gasteiger partial charge in [-0.1, -0.05) is 11.6 Å². The molecule has 0 unspecified atom stereocenters. The summed E-state index contributed by atoms with van der Waals surface area (Å²) in [5.41, 5.74) is 1.57. The molecule has 0 saturated carbocycles. The lowest BCUT2D eigenvalue weighted by Gasteiger charge is -2.11. The Labute approximate surface area is 111 Å². The molecular formula is C13H14ClN3O. The molecule has 2 rings (SSSR count). The normalized spacial score (nSPS) is 10.2. The molecule has 0 radical (unpaired) electrons. The van der Waals surface area contributed by atoms with E-state index in [0.717, 1.165) is 22.8 Å². The van der Waals surface area contributed by atoms with Crippen LogP contribution in [0.15, 0.2) is 30.3 Å². The van der Waals surface area contributed by atoms with Crippen molar-refractivity contribution in [2.24, 2.45) is 0 Å². The van der Waals surface area contributed by atoms with Crippen LogP contribution < -0.4 is 9.64 Å². The standard InChI is InChI=1S/C13H14ClN3O/c1-17(2)13-7-5-11(15-16-13)10-8-9(14)4-6-12(10)18-3/h4-8H,1-3H3. The lowest BCUT2D eigenvalue weighted by atomic mass is 10.1. The van der Waals surface area contributed by atoms with Crippen molar-refractivity contribution in [1.29, 1.82) is 0 Å². The maximum absolute atomic E-state index is 5.99. The Morgan fingerprint density at radius 1 is 1.11 bits per heavy atom. The number of anilines is 1. The van der Waals surface area contributed by atoms with Gasteiger partial charge in [0, 0.05) is 24.7 Å². The van der Waals surface area contributed by atoms with Crippen molar-refractivity contribution < 1.29 is 4.74 Å². The second kappa shape index (κ2) is 5.23. The first-order valence-electron chi connectivity index (χ1n) is 5.47. The molecule has 5 heteroatoms. The van der Waals surface area contributed by atoms with Gasteiger partial charge in [0.15, 0.2) is 5.82 Å². The topological polar surface area (TPSA) is 38.2 Å². The predicted molar refractivity (Wildman–Crippen MR) is 73.4 cm³/mol. The Morgan fingerprint density at radius 3 is 2.44 bits per heavy atom. The third-order valence-corrected chi connectivity index (χ3v) is 2.78.